The van der Waals surface area contributed by atoms with Gasteiger partial charge in [-0.25, -0.2) is 0 Å². The van der Waals surface area contributed by atoms with E-state index in [4.69, 9.17) is 4.74 Å². The number of anilines is 1. The van der Waals surface area contributed by atoms with Gasteiger partial charge in [0.05, 0.1) is 7.11 Å². The minimum atomic E-state index is -0.110. The van der Waals surface area contributed by atoms with Crippen molar-refractivity contribution in [2.24, 2.45) is 0 Å². The average Bonchev–Trinajstić information content (AvgIpc) is 2.55. The van der Waals surface area contributed by atoms with E-state index in [0.29, 0.717) is 5.56 Å². The van der Waals surface area contributed by atoms with E-state index in [1.165, 1.54) is 11.1 Å². The van der Waals surface area contributed by atoms with Gasteiger partial charge in [0.1, 0.15) is 5.75 Å². The Bertz CT molecular complexity index is 650. The van der Waals surface area contributed by atoms with Crippen molar-refractivity contribution in [1.82, 2.24) is 5.32 Å². The molecule has 1 aliphatic heterocycles. The predicted molar refractivity (Wildman–Crippen MR) is 82.8 cm³/mol. The van der Waals surface area contributed by atoms with Gasteiger partial charge in [0.15, 0.2) is 0 Å². The lowest BCUT2D eigenvalue weighted by atomic mass is 10.0. The molecule has 0 radical (unpaired) electrons. The molecule has 2 N–H and O–H groups in total. The second-order valence-electron chi connectivity index (χ2n) is 5.09. The summed E-state index contributed by atoms with van der Waals surface area (Å²) < 4.78 is 5.09. The molecule has 0 saturated carbocycles. The van der Waals surface area contributed by atoms with Crippen LogP contribution < -0.4 is 15.4 Å². The van der Waals surface area contributed by atoms with Crippen LogP contribution in [0.15, 0.2) is 42.5 Å². The summed E-state index contributed by atoms with van der Waals surface area (Å²) in [6.07, 6.45) is 1.04. The predicted octanol–water partition coefficient (Wildman–Crippen LogP) is 2.59. The molecule has 1 heterocycles. The second kappa shape index (κ2) is 5.97. The molecule has 1 aliphatic rings. The number of amides is 1. The number of hydrogen-bond acceptors (Lipinski definition) is 3. The first-order valence-electron chi connectivity index (χ1n) is 7.04. The Hall–Kier alpha value is -2.33. The summed E-state index contributed by atoms with van der Waals surface area (Å²) in [6, 6.07) is 13.2. The summed E-state index contributed by atoms with van der Waals surface area (Å²) in [5.74, 6) is 0.632. The van der Waals surface area contributed by atoms with Gasteiger partial charge >= 0.3 is 0 Å². The SMILES string of the molecule is COc1ccc(C(=O)Nc2ccc3c(c2)CNCC3)cc1. The van der Waals surface area contributed by atoms with Gasteiger partial charge in [-0.15, -0.1) is 0 Å². The fraction of sp³-hybridized carbons (Fsp3) is 0.235. The van der Waals surface area contributed by atoms with Crippen LogP contribution in [0.3, 0.4) is 0 Å². The molecule has 2 aromatic carbocycles. The van der Waals surface area contributed by atoms with Crippen LogP contribution in [-0.4, -0.2) is 19.6 Å². The molecule has 0 atom stereocenters. The summed E-state index contributed by atoms with van der Waals surface area (Å²) in [5, 5.41) is 6.28. The van der Waals surface area contributed by atoms with Gasteiger partial charge in [0.25, 0.3) is 5.91 Å². The van der Waals surface area contributed by atoms with Gasteiger partial charge in [-0.1, -0.05) is 6.07 Å². The van der Waals surface area contributed by atoms with Crippen LogP contribution >= 0.6 is 0 Å². The maximum Gasteiger partial charge on any atom is 0.255 e. The van der Waals surface area contributed by atoms with Gasteiger partial charge in [0, 0.05) is 17.8 Å². The van der Waals surface area contributed by atoms with Crippen LogP contribution in [0.2, 0.25) is 0 Å². The van der Waals surface area contributed by atoms with Crippen LogP contribution in [0.4, 0.5) is 5.69 Å². The molecule has 108 valence electrons. The monoisotopic (exact) mass is 282 g/mol. The van der Waals surface area contributed by atoms with Crippen molar-refractivity contribution in [3.8, 4) is 5.75 Å². The zero-order valence-corrected chi connectivity index (χ0v) is 12.0. The van der Waals surface area contributed by atoms with Gasteiger partial charge in [0.2, 0.25) is 0 Å². The Kier molecular flexibility index (Phi) is 3.88. The van der Waals surface area contributed by atoms with Crippen molar-refractivity contribution in [2.75, 3.05) is 19.0 Å². The molecule has 1 amide bonds. The Morgan fingerprint density at radius 3 is 2.71 bits per heavy atom. The first kappa shape index (κ1) is 13.6. The third kappa shape index (κ3) is 3.06. The lowest BCUT2D eigenvalue weighted by Crippen LogP contribution is -2.23. The van der Waals surface area contributed by atoms with Crippen molar-refractivity contribution < 1.29 is 9.53 Å². The Morgan fingerprint density at radius 1 is 1.14 bits per heavy atom. The summed E-state index contributed by atoms with van der Waals surface area (Å²) in [4.78, 5) is 12.2. The van der Waals surface area contributed by atoms with Gasteiger partial charge in [-0.05, 0) is 60.5 Å². The van der Waals surface area contributed by atoms with Crippen molar-refractivity contribution in [2.45, 2.75) is 13.0 Å². The molecule has 0 saturated heterocycles. The van der Waals surface area contributed by atoms with Crippen LogP contribution in [0.1, 0.15) is 21.5 Å². The number of rotatable bonds is 3. The van der Waals surface area contributed by atoms with E-state index in [0.717, 1.165) is 30.9 Å². The summed E-state index contributed by atoms with van der Waals surface area (Å²) >= 11 is 0. The number of benzene rings is 2. The Balaban J connectivity index is 1.74. The fourth-order valence-corrected chi connectivity index (χ4v) is 2.50. The van der Waals surface area contributed by atoms with Crippen molar-refractivity contribution >= 4 is 11.6 Å². The molecule has 0 aliphatic carbocycles. The highest BCUT2D eigenvalue weighted by atomic mass is 16.5. The summed E-state index contributed by atoms with van der Waals surface area (Å²) in [7, 11) is 1.61. The van der Waals surface area contributed by atoms with E-state index >= 15 is 0 Å². The van der Waals surface area contributed by atoms with Gasteiger partial charge in [-0.3, -0.25) is 4.79 Å². The Morgan fingerprint density at radius 2 is 1.95 bits per heavy atom. The van der Waals surface area contributed by atoms with E-state index in [1.807, 2.05) is 12.1 Å². The third-order valence-corrected chi connectivity index (χ3v) is 3.70. The normalized spacial score (nSPS) is 13.4. The number of methoxy groups -OCH3 is 1. The first-order valence-corrected chi connectivity index (χ1v) is 7.04. The van der Waals surface area contributed by atoms with E-state index in [2.05, 4.69) is 16.7 Å². The van der Waals surface area contributed by atoms with Crippen LogP contribution in [0, 0.1) is 0 Å². The van der Waals surface area contributed by atoms with Crippen molar-refractivity contribution in [3.63, 3.8) is 0 Å². The minimum Gasteiger partial charge on any atom is -0.497 e. The molecule has 0 unspecified atom stereocenters. The van der Waals surface area contributed by atoms with Crippen molar-refractivity contribution in [3.05, 3.63) is 59.2 Å². The van der Waals surface area contributed by atoms with Crippen LogP contribution in [0.25, 0.3) is 0 Å². The van der Waals surface area contributed by atoms with E-state index < -0.39 is 0 Å². The van der Waals surface area contributed by atoms with Gasteiger partial charge in [-0.2, -0.15) is 0 Å². The molecule has 0 fully saturated rings. The summed E-state index contributed by atoms with van der Waals surface area (Å²) in [5.41, 5.74) is 4.06. The molecule has 0 bridgehead atoms. The lowest BCUT2D eigenvalue weighted by molar-refractivity contribution is 0.102. The molecule has 2 aromatic rings. The van der Waals surface area contributed by atoms with E-state index in [9.17, 15) is 4.79 Å². The van der Waals surface area contributed by atoms with Crippen molar-refractivity contribution in [1.29, 1.82) is 0 Å². The molecule has 4 heteroatoms. The van der Waals surface area contributed by atoms with Gasteiger partial charge < -0.3 is 15.4 Å². The van der Waals surface area contributed by atoms with E-state index in [-0.39, 0.29) is 5.91 Å². The fourth-order valence-electron chi connectivity index (χ4n) is 2.50. The zero-order chi connectivity index (χ0) is 14.7. The number of carbonyl (C=O) groups excluding carboxylic acids is 1. The largest absolute Gasteiger partial charge is 0.497 e. The zero-order valence-electron chi connectivity index (χ0n) is 12.0. The number of carbonyl (C=O) groups is 1. The highest BCUT2D eigenvalue weighted by Crippen LogP contribution is 2.20. The number of ether oxygens (including phenoxy) is 1. The quantitative estimate of drug-likeness (QED) is 0.909. The minimum absolute atomic E-state index is 0.110. The average molecular weight is 282 g/mol. The second-order valence-corrected chi connectivity index (χ2v) is 5.09. The summed E-state index contributed by atoms with van der Waals surface area (Å²) in [6.45, 7) is 1.88. The first-order chi connectivity index (χ1) is 10.3. The maximum absolute atomic E-state index is 12.2. The number of nitrogens with one attached hydrogen (secondary N) is 2. The molecule has 21 heavy (non-hydrogen) atoms. The molecule has 4 nitrogen and oxygen atoms in total. The standard InChI is InChI=1S/C17H18N2O2/c1-21-16-6-3-13(4-7-16)17(20)19-15-5-2-12-8-9-18-11-14(12)10-15/h2-7,10,18H,8-9,11H2,1H3,(H,19,20). The molecular weight excluding hydrogens is 264 g/mol. The number of fused-ring (bicyclic) bond motifs is 1. The third-order valence-electron chi connectivity index (χ3n) is 3.70. The van der Waals surface area contributed by atoms with Crippen LogP contribution in [0.5, 0.6) is 5.75 Å². The molecule has 0 spiro atoms. The smallest absolute Gasteiger partial charge is 0.255 e. The molecular formula is C17H18N2O2. The topological polar surface area (TPSA) is 50.4 Å². The highest BCUT2D eigenvalue weighted by molar-refractivity contribution is 6.04. The molecule has 3 rings (SSSR count). The lowest BCUT2D eigenvalue weighted by Gasteiger charge is -2.18. The maximum atomic E-state index is 12.2. The number of hydrogen-bond donors (Lipinski definition) is 2. The van der Waals surface area contributed by atoms with E-state index in [1.54, 1.807) is 31.4 Å². The Labute approximate surface area is 124 Å². The van der Waals surface area contributed by atoms with Crippen LogP contribution in [-0.2, 0) is 13.0 Å². The molecule has 0 aromatic heterocycles. The highest BCUT2D eigenvalue weighted by Gasteiger charge is 2.11.